The Morgan fingerprint density at radius 2 is 1.87 bits per heavy atom. The number of rotatable bonds is 3. The number of ether oxygens (including phenoxy) is 1. The number of likely N-dealkylation sites (tertiary alicyclic amines) is 2. The van der Waals surface area contributed by atoms with Gasteiger partial charge in [-0.15, -0.1) is 0 Å². The van der Waals surface area contributed by atoms with Crippen LogP contribution in [-0.2, 0) is 11.8 Å². The van der Waals surface area contributed by atoms with Crippen LogP contribution in [0.3, 0.4) is 0 Å². The molecule has 9 heteroatoms. The quantitative estimate of drug-likeness (QED) is 0.566. The highest BCUT2D eigenvalue weighted by atomic mass is 16.6. The molecule has 6 atom stereocenters. The monoisotopic (exact) mass is 525 g/mol. The van der Waals surface area contributed by atoms with Crippen molar-refractivity contribution in [1.82, 2.24) is 24.9 Å². The Labute approximate surface area is 225 Å². The summed E-state index contributed by atoms with van der Waals surface area (Å²) < 4.78 is 7.55. The van der Waals surface area contributed by atoms with Crippen LogP contribution in [0.2, 0.25) is 0 Å². The molecular formula is C29H43N5O4. The molecule has 4 fully saturated rings. The molecule has 6 unspecified atom stereocenters. The molecule has 0 spiro atoms. The molecule has 4 aliphatic rings. The predicted molar refractivity (Wildman–Crippen MR) is 145 cm³/mol. The van der Waals surface area contributed by atoms with Gasteiger partial charge in [0.2, 0.25) is 0 Å². The summed E-state index contributed by atoms with van der Waals surface area (Å²) in [6.07, 6.45) is 3.19. The van der Waals surface area contributed by atoms with Gasteiger partial charge in [-0.3, -0.25) is 14.9 Å². The summed E-state index contributed by atoms with van der Waals surface area (Å²) in [5, 5.41) is 29.0. The van der Waals surface area contributed by atoms with Gasteiger partial charge in [0, 0.05) is 37.5 Å². The summed E-state index contributed by atoms with van der Waals surface area (Å²) in [6.45, 7) is 9.65. The minimum Gasteiger partial charge on any atom is -0.444 e. The molecule has 6 rings (SSSR count). The Kier molecular flexibility index (Phi) is 6.69. The second kappa shape index (κ2) is 9.77. The fourth-order valence-electron chi connectivity index (χ4n) is 7.34. The summed E-state index contributed by atoms with van der Waals surface area (Å²) in [4.78, 5) is 17.2. The third-order valence-corrected chi connectivity index (χ3v) is 9.40. The van der Waals surface area contributed by atoms with E-state index in [-0.39, 0.29) is 12.0 Å². The van der Waals surface area contributed by atoms with E-state index in [4.69, 9.17) is 9.84 Å². The smallest absolute Gasteiger partial charge is 0.410 e. The summed E-state index contributed by atoms with van der Waals surface area (Å²) in [5.41, 5.74) is 2.94. The van der Waals surface area contributed by atoms with Gasteiger partial charge in [-0.05, 0) is 95.3 Å². The maximum atomic E-state index is 12.6. The maximum Gasteiger partial charge on any atom is 0.410 e. The number of nitrogens with one attached hydrogen (secondary N) is 1. The van der Waals surface area contributed by atoms with Gasteiger partial charge in [-0.2, -0.15) is 5.10 Å². The average Bonchev–Trinajstić information content (AvgIpc) is 3.35. The van der Waals surface area contributed by atoms with E-state index in [0.717, 1.165) is 55.6 Å². The number of amides is 1. The molecule has 9 nitrogen and oxygen atoms in total. The highest BCUT2D eigenvalue weighted by Gasteiger charge is 2.51. The van der Waals surface area contributed by atoms with Crippen LogP contribution < -0.4 is 5.32 Å². The van der Waals surface area contributed by atoms with Crippen molar-refractivity contribution >= 4 is 17.0 Å². The van der Waals surface area contributed by atoms with Crippen LogP contribution >= 0.6 is 0 Å². The van der Waals surface area contributed by atoms with Gasteiger partial charge in [0.15, 0.2) is 0 Å². The van der Waals surface area contributed by atoms with Crippen molar-refractivity contribution < 1.29 is 19.7 Å². The topological polar surface area (TPSA) is 103 Å². The maximum absolute atomic E-state index is 12.6. The molecule has 3 N–H and O–H groups in total. The Balaban J connectivity index is 1.07. The number of hydrogen-bond acceptors (Lipinski definition) is 7. The van der Waals surface area contributed by atoms with Crippen molar-refractivity contribution in [1.29, 1.82) is 0 Å². The lowest BCUT2D eigenvalue weighted by molar-refractivity contribution is -0.0107. The van der Waals surface area contributed by atoms with Crippen LogP contribution in [0.1, 0.15) is 76.0 Å². The largest absolute Gasteiger partial charge is 0.444 e. The zero-order chi connectivity index (χ0) is 26.8. The van der Waals surface area contributed by atoms with E-state index in [9.17, 15) is 15.0 Å². The predicted octanol–water partition coefficient (Wildman–Crippen LogP) is 3.11. The SMILES string of the molecule is Cn1nc(C2CCC(O)NC2O)c2ccc(C3CCN(C4CC5CN(C(=O)OC(C)(C)C)CC54)CC3)cc21. The number of aryl methyl sites for hydroxylation is 1. The third-order valence-electron chi connectivity index (χ3n) is 9.40. The van der Waals surface area contributed by atoms with Crippen molar-refractivity contribution in [3.05, 3.63) is 29.5 Å². The van der Waals surface area contributed by atoms with Gasteiger partial charge in [0.1, 0.15) is 18.1 Å². The Hall–Kier alpha value is -2.20. The average molecular weight is 526 g/mol. The number of carbonyl (C=O) groups is 1. The van der Waals surface area contributed by atoms with Gasteiger partial charge in [-0.25, -0.2) is 4.79 Å². The number of nitrogens with zero attached hydrogens (tertiary/aromatic N) is 4. The molecule has 1 saturated carbocycles. The van der Waals surface area contributed by atoms with Crippen LogP contribution in [0, 0.1) is 11.8 Å². The Morgan fingerprint density at radius 3 is 2.58 bits per heavy atom. The number of aromatic nitrogens is 2. The van der Waals surface area contributed by atoms with Gasteiger partial charge in [-0.1, -0.05) is 12.1 Å². The second-order valence-electron chi connectivity index (χ2n) is 13.0. The molecule has 208 valence electrons. The molecule has 2 aromatic rings. The first-order chi connectivity index (χ1) is 18.1. The van der Waals surface area contributed by atoms with E-state index < -0.39 is 18.1 Å². The van der Waals surface area contributed by atoms with Crippen LogP contribution in [0.15, 0.2) is 18.2 Å². The van der Waals surface area contributed by atoms with Crippen LogP contribution in [0.5, 0.6) is 0 Å². The lowest BCUT2D eigenvalue weighted by Crippen LogP contribution is -2.54. The zero-order valence-corrected chi connectivity index (χ0v) is 23.1. The normalized spacial score (nSPS) is 32.8. The van der Waals surface area contributed by atoms with Crippen LogP contribution in [0.4, 0.5) is 4.79 Å². The molecule has 0 radical (unpaired) electrons. The van der Waals surface area contributed by atoms with E-state index in [2.05, 4.69) is 28.4 Å². The highest BCUT2D eigenvalue weighted by Crippen LogP contribution is 2.46. The lowest BCUT2D eigenvalue weighted by Gasteiger charge is -2.48. The summed E-state index contributed by atoms with van der Waals surface area (Å²) in [6, 6.07) is 7.31. The van der Waals surface area contributed by atoms with Gasteiger partial charge in [0.05, 0.1) is 11.2 Å². The van der Waals surface area contributed by atoms with Crippen molar-refractivity contribution in [3.63, 3.8) is 0 Å². The molecule has 3 aliphatic heterocycles. The fourth-order valence-corrected chi connectivity index (χ4v) is 7.34. The molecule has 3 saturated heterocycles. The number of piperidine rings is 2. The molecule has 0 bridgehead atoms. The molecule has 4 heterocycles. The number of fused-ring (bicyclic) bond motifs is 2. The molecule has 1 amide bonds. The molecule has 1 aliphatic carbocycles. The minimum absolute atomic E-state index is 0.121. The van der Waals surface area contributed by atoms with Crippen molar-refractivity contribution in [2.45, 2.75) is 88.8 Å². The minimum atomic E-state index is -0.789. The van der Waals surface area contributed by atoms with Gasteiger partial charge in [0.25, 0.3) is 0 Å². The summed E-state index contributed by atoms with van der Waals surface area (Å²) in [5.74, 6) is 1.61. The standard InChI is InChI=1S/C29H43N5O4/c1-29(2,3)38-28(37)34-15-19-14-24(22(19)16-34)33-11-9-17(10-12-33)18-5-6-20-23(13-18)32(4)31-26(20)21-7-8-25(35)30-27(21)36/h5-6,13,17,19,21-22,24-25,27,30,35-36H,7-12,14-16H2,1-4H3. The Morgan fingerprint density at radius 1 is 1.11 bits per heavy atom. The highest BCUT2D eigenvalue weighted by molar-refractivity contribution is 5.83. The number of carbonyl (C=O) groups excluding carboxylic acids is 1. The van der Waals surface area contributed by atoms with E-state index >= 15 is 0 Å². The third kappa shape index (κ3) is 4.83. The van der Waals surface area contributed by atoms with Gasteiger partial charge >= 0.3 is 6.09 Å². The second-order valence-corrected chi connectivity index (χ2v) is 13.0. The van der Waals surface area contributed by atoms with E-state index in [0.29, 0.717) is 36.6 Å². The number of aliphatic hydroxyl groups excluding tert-OH is 2. The number of aliphatic hydroxyl groups is 2. The zero-order valence-electron chi connectivity index (χ0n) is 23.1. The molecular weight excluding hydrogens is 482 g/mol. The summed E-state index contributed by atoms with van der Waals surface area (Å²) >= 11 is 0. The molecule has 38 heavy (non-hydrogen) atoms. The molecule has 1 aromatic carbocycles. The summed E-state index contributed by atoms with van der Waals surface area (Å²) in [7, 11) is 1.98. The van der Waals surface area contributed by atoms with E-state index in [1.165, 1.54) is 12.0 Å². The van der Waals surface area contributed by atoms with Crippen molar-refractivity contribution in [2.75, 3.05) is 26.2 Å². The van der Waals surface area contributed by atoms with E-state index in [1.807, 2.05) is 37.4 Å². The van der Waals surface area contributed by atoms with Gasteiger partial charge < -0.3 is 19.8 Å². The van der Waals surface area contributed by atoms with E-state index in [1.54, 1.807) is 0 Å². The number of benzene rings is 1. The Bertz CT molecular complexity index is 1180. The number of hydrogen-bond donors (Lipinski definition) is 3. The fraction of sp³-hybridized carbons (Fsp3) is 0.724. The molecule has 1 aromatic heterocycles. The van der Waals surface area contributed by atoms with Crippen molar-refractivity contribution in [2.24, 2.45) is 18.9 Å². The first-order valence-electron chi connectivity index (χ1n) is 14.4. The first kappa shape index (κ1) is 26.0. The van der Waals surface area contributed by atoms with Crippen LogP contribution in [-0.4, -0.2) is 86.2 Å². The van der Waals surface area contributed by atoms with Crippen LogP contribution in [0.25, 0.3) is 10.9 Å². The van der Waals surface area contributed by atoms with Crippen molar-refractivity contribution in [3.8, 4) is 0 Å². The first-order valence-corrected chi connectivity index (χ1v) is 14.4. The lowest BCUT2D eigenvalue weighted by atomic mass is 9.70.